The first kappa shape index (κ1) is 21.2. The molecule has 0 aliphatic carbocycles. The Morgan fingerprint density at radius 3 is 2.88 bits per heavy atom. The second-order valence-corrected chi connectivity index (χ2v) is 8.21. The Morgan fingerprint density at radius 1 is 1.33 bits per heavy atom. The number of methoxy groups -OCH3 is 1. The highest BCUT2D eigenvalue weighted by Gasteiger charge is 2.45. The fourth-order valence-corrected chi connectivity index (χ4v) is 4.73. The second-order valence-electron chi connectivity index (χ2n) is 8.21. The molecule has 1 aromatic carbocycles. The predicted molar refractivity (Wildman–Crippen MR) is 122 cm³/mol. The monoisotopic (exact) mass is 445 g/mol. The number of nitrogens with one attached hydrogen (secondary N) is 1. The van der Waals surface area contributed by atoms with Gasteiger partial charge >= 0.3 is 5.97 Å². The first-order chi connectivity index (χ1) is 15.9. The summed E-state index contributed by atoms with van der Waals surface area (Å²) < 4.78 is 12.2. The number of benzene rings is 1. The molecule has 0 spiro atoms. The molecule has 0 radical (unpaired) electrons. The molecule has 2 N–H and O–H groups in total. The van der Waals surface area contributed by atoms with E-state index in [9.17, 15) is 14.7 Å². The van der Waals surface area contributed by atoms with E-state index in [-0.39, 0.29) is 18.6 Å². The molecule has 0 bridgehead atoms. The summed E-state index contributed by atoms with van der Waals surface area (Å²) in [5, 5.41) is 15.2. The lowest BCUT2D eigenvalue weighted by atomic mass is 9.86. The van der Waals surface area contributed by atoms with Crippen molar-refractivity contribution < 1.29 is 19.4 Å². The molecular formula is C25H23N3O5. The van der Waals surface area contributed by atoms with Crippen LogP contribution in [0, 0.1) is 12.3 Å². The van der Waals surface area contributed by atoms with Crippen LogP contribution in [-0.4, -0.2) is 34.3 Å². The Balaban J connectivity index is 1.77. The summed E-state index contributed by atoms with van der Waals surface area (Å²) in [7, 11) is 1.61. The van der Waals surface area contributed by atoms with E-state index in [4.69, 9.17) is 20.9 Å². The van der Waals surface area contributed by atoms with Crippen LogP contribution in [0.15, 0.2) is 29.1 Å². The lowest BCUT2D eigenvalue weighted by Crippen LogP contribution is -2.44. The van der Waals surface area contributed by atoms with Crippen molar-refractivity contribution in [1.82, 2.24) is 14.9 Å². The fraction of sp³-hybridized carbons (Fsp3) is 0.320. The summed E-state index contributed by atoms with van der Waals surface area (Å²) >= 11 is 0. The number of aromatic nitrogens is 2. The van der Waals surface area contributed by atoms with Gasteiger partial charge in [0.1, 0.15) is 12.4 Å². The van der Waals surface area contributed by atoms with Gasteiger partial charge in [-0.1, -0.05) is 12.8 Å². The zero-order valence-corrected chi connectivity index (χ0v) is 18.4. The number of ether oxygens (including phenoxy) is 2. The van der Waals surface area contributed by atoms with Gasteiger partial charge in [0.05, 0.1) is 42.7 Å². The number of hydrogen-bond acceptors (Lipinski definition) is 7. The van der Waals surface area contributed by atoms with Crippen molar-refractivity contribution in [2.75, 3.05) is 13.7 Å². The minimum absolute atomic E-state index is 0.0980. The van der Waals surface area contributed by atoms with Crippen LogP contribution in [0.1, 0.15) is 35.6 Å². The number of rotatable bonds is 5. The van der Waals surface area contributed by atoms with Crippen LogP contribution in [-0.2, 0) is 34.8 Å². The molecular weight excluding hydrogens is 422 g/mol. The summed E-state index contributed by atoms with van der Waals surface area (Å²) in [6, 6.07) is 7.35. The SMILES string of the molecule is C#CCNCc1c2c(nc3ccc(OC)cc13)-c1cc3c(c(=O)n1C2)COC(=O)[C@]3(O)CC. The molecule has 2 aliphatic rings. The summed E-state index contributed by atoms with van der Waals surface area (Å²) in [5.41, 5.74) is 2.30. The van der Waals surface area contributed by atoms with Crippen molar-refractivity contribution in [1.29, 1.82) is 0 Å². The van der Waals surface area contributed by atoms with Crippen LogP contribution in [0.2, 0.25) is 0 Å². The molecule has 8 heteroatoms. The van der Waals surface area contributed by atoms with E-state index < -0.39 is 11.6 Å². The van der Waals surface area contributed by atoms with E-state index in [0.29, 0.717) is 47.9 Å². The third kappa shape index (κ3) is 3.04. The van der Waals surface area contributed by atoms with Crippen molar-refractivity contribution in [3.63, 3.8) is 0 Å². The first-order valence-corrected chi connectivity index (χ1v) is 10.7. The van der Waals surface area contributed by atoms with Gasteiger partial charge in [0.2, 0.25) is 0 Å². The molecule has 0 fully saturated rings. The zero-order chi connectivity index (χ0) is 23.3. The van der Waals surface area contributed by atoms with Crippen LogP contribution in [0.25, 0.3) is 22.3 Å². The molecule has 3 aromatic rings. The van der Waals surface area contributed by atoms with Gasteiger partial charge in [0.25, 0.3) is 5.56 Å². The number of pyridine rings is 2. The standard InChI is InChI=1S/C25H23N3O5/c1-4-8-26-11-16-15-9-14(32-3)6-7-20(15)27-22-17(16)12-28-21(22)10-19-18(23(28)29)13-33-24(30)25(19,31)5-2/h1,6-7,9-10,26,31H,5,8,11-13H2,2-3H3/t25-/m0/s1. The predicted octanol–water partition coefficient (Wildman–Crippen LogP) is 1.81. The van der Waals surface area contributed by atoms with Crippen molar-refractivity contribution in [2.45, 2.75) is 38.6 Å². The van der Waals surface area contributed by atoms with Gasteiger partial charge in [-0.2, -0.15) is 0 Å². The smallest absolute Gasteiger partial charge is 0.343 e. The van der Waals surface area contributed by atoms with Crippen molar-refractivity contribution in [2.24, 2.45) is 0 Å². The summed E-state index contributed by atoms with van der Waals surface area (Å²) in [6.45, 7) is 2.73. The maximum absolute atomic E-state index is 13.4. The number of aliphatic hydroxyl groups is 1. The van der Waals surface area contributed by atoms with Crippen LogP contribution in [0.4, 0.5) is 0 Å². The molecule has 0 amide bonds. The Kier molecular flexibility index (Phi) is 4.96. The second kappa shape index (κ2) is 7.73. The molecule has 1 atom stereocenters. The number of fused-ring (bicyclic) bond motifs is 5. The maximum atomic E-state index is 13.4. The lowest BCUT2D eigenvalue weighted by Gasteiger charge is -2.31. The number of nitrogens with zero attached hydrogens (tertiary/aromatic N) is 2. The van der Waals surface area contributed by atoms with E-state index in [1.54, 1.807) is 24.7 Å². The normalized spacial score (nSPS) is 18.3. The Bertz CT molecular complexity index is 1420. The topological polar surface area (TPSA) is 103 Å². The molecule has 2 aromatic heterocycles. The third-order valence-corrected chi connectivity index (χ3v) is 6.54. The lowest BCUT2D eigenvalue weighted by molar-refractivity contribution is -0.172. The minimum Gasteiger partial charge on any atom is -0.497 e. The molecule has 33 heavy (non-hydrogen) atoms. The number of carbonyl (C=O) groups excluding carboxylic acids is 1. The Hall–Kier alpha value is -3.67. The molecule has 168 valence electrons. The maximum Gasteiger partial charge on any atom is 0.343 e. The summed E-state index contributed by atoms with van der Waals surface area (Å²) in [4.78, 5) is 30.7. The first-order valence-electron chi connectivity index (χ1n) is 10.7. The fourth-order valence-electron chi connectivity index (χ4n) is 4.73. The van der Waals surface area contributed by atoms with Gasteiger partial charge in [0, 0.05) is 23.1 Å². The summed E-state index contributed by atoms with van der Waals surface area (Å²) in [6.07, 6.45) is 5.52. The Labute approximate surface area is 190 Å². The zero-order valence-electron chi connectivity index (χ0n) is 18.4. The largest absolute Gasteiger partial charge is 0.497 e. The van der Waals surface area contributed by atoms with Crippen molar-refractivity contribution >= 4 is 16.9 Å². The van der Waals surface area contributed by atoms with Crippen LogP contribution < -0.4 is 15.6 Å². The molecule has 8 nitrogen and oxygen atoms in total. The molecule has 0 saturated heterocycles. The molecule has 4 heterocycles. The highest BCUT2D eigenvalue weighted by Crippen LogP contribution is 2.40. The van der Waals surface area contributed by atoms with Gasteiger partial charge in [-0.25, -0.2) is 9.78 Å². The van der Waals surface area contributed by atoms with Gasteiger partial charge in [-0.3, -0.25) is 4.79 Å². The number of carbonyl (C=O) groups is 1. The number of esters is 1. The van der Waals surface area contributed by atoms with E-state index in [1.165, 1.54) is 0 Å². The van der Waals surface area contributed by atoms with E-state index in [0.717, 1.165) is 22.0 Å². The highest BCUT2D eigenvalue weighted by atomic mass is 16.6. The number of hydrogen-bond donors (Lipinski definition) is 2. The molecule has 2 aliphatic heterocycles. The van der Waals surface area contributed by atoms with Gasteiger partial charge in [-0.05, 0) is 36.2 Å². The highest BCUT2D eigenvalue weighted by molar-refractivity contribution is 5.90. The minimum atomic E-state index is -1.85. The van der Waals surface area contributed by atoms with Gasteiger partial charge < -0.3 is 24.5 Å². The van der Waals surface area contributed by atoms with Gasteiger partial charge in [-0.15, -0.1) is 6.42 Å². The van der Waals surface area contributed by atoms with Crippen molar-refractivity contribution in [3.8, 4) is 29.5 Å². The average Bonchev–Trinajstić information content (AvgIpc) is 3.20. The number of cyclic esters (lactones) is 1. The molecule has 0 saturated carbocycles. The molecule has 5 rings (SSSR count). The average molecular weight is 445 g/mol. The number of terminal acetylenes is 1. The van der Waals surface area contributed by atoms with E-state index in [1.807, 2.05) is 18.2 Å². The van der Waals surface area contributed by atoms with Crippen molar-refractivity contribution in [3.05, 3.63) is 56.9 Å². The van der Waals surface area contributed by atoms with Crippen LogP contribution in [0.5, 0.6) is 5.75 Å². The Morgan fingerprint density at radius 2 is 2.15 bits per heavy atom. The van der Waals surface area contributed by atoms with Gasteiger partial charge in [0.15, 0.2) is 5.60 Å². The summed E-state index contributed by atoms with van der Waals surface area (Å²) in [5.74, 6) is 2.54. The van der Waals surface area contributed by atoms with E-state index >= 15 is 0 Å². The quantitative estimate of drug-likeness (QED) is 0.274. The van der Waals surface area contributed by atoms with Crippen LogP contribution >= 0.6 is 0 Å². The van der Waals surface area contributed by atoms with Crippen LogP contribution in [0.3, 0.4) is 0 Å². The molecule has 0 unspecified atom stereocenters. The van der Waals surface area contributed by atoms with E-state index in [2.05, 4.69) is 11.2 Å². The third-order valence-electron chi connectivity index (χ3n) is 6.54.